The van der Waals surface area contributed by atoms with Crippen LogP contribution in [-0.2, 0) is 5.54 Å². The first-order chi connectivity index (χ1) is 13.6. The SMILES string of the molecule is COc1ccc([C@@H]2C[C@@]3(c4ccccc4)N(c4ccccc4S2)C3(Cl)Cl)cc1. The largest absolute Gasteiger partial charge is 0.497 e. The zero-order chi connectivity index (χ0) is 19.4. The number of anilines is 1. The predicted molar refractivity (Wildman–Crippen MR) is 118 cm³/mol. The minimum atomic E-state index is -0.976. The highest BCUT2D eigenvalue weighted by Crippen LogP contribution is 2.72. The Kier molecular flexibility index (Phi) is 4.31. The van der Waals surface area contributed by atoms with Gasteiger partial charge in [0.25, 0.3) is 0 Å². The highest BCUT2D eigenvalue weighted by molar-refractivity contribution is 7.99. The quantitative estimate of drug-likeness (QED) is 0.259. The lowest BCUT2D eigenvalue weighted by Gasteiger charge is -2.22. The molecule has 0 N–H and O–H groups in total. The minimum absolute atomic E-state index is 0.219. The summed E-state index contributed by atoms with van der Waals surface area (Å²) < 4.78 is 4.36. The summed E-state index contributed by atoms with van der Waals surface area (Å²) >= 11 is 15.8. The Morgan fingerprint density at radius 3 is 2.32 bits per heavy atom. The number of benzene rings is 3. The molecule has 0 bridgehead atoms. The van der Waals surface area contributed by atoms with Gasteiger partial charge in [-0.05, 0) is 41.8 Å². The van der Waals surface area contributed by atoms with E-state index in [4.69, 9.17) is 27.9 Å². The lowest BCUT2D eigenvalue weighted by molar-refractivity contribution is 0.414. The molecule has 2 nitrogen and oxygen atoms in total. The fourth-order valence-electron chi connectivity index (χ4n) is 4.26. The normalized spacial score (nSPS) is 24.7. The van der Waals surface area contributed by atoms with Gasteiger partial charge >= 0.3 is 0 Å². The van der Waals surface area contributed by atoms with Gasteiger partial charge in [0.2, 0.25) is 4.46 Å². The van der Waals surface area contributed by atoms with Gasteiger partial charge < -0.3 is 9.64 Å². The van der Waals surface area contributed by atoms with Crippen molar-refractivity contribution in [1.82, 2.24) is 0 Å². The second-order valence-corrected chi connectivity index (χ2v) is 9.69. The molecule has 2 aliphatic rings. The van der Waals surface area contributed by atoms with Crippen LogP contribution in [0.4, 0.5) is 5.69 Å². The number of fused-ring (bicyclic) bond motifs is 3. The molecule has 3 aromatic rings. The van der Waals surface area contributed by atoms with Crippen LogP contribution in [0.2, 0.25) is 0 Å². The molecule has 2 atom stereocenters. The number of para-hydroxylation sites is 1. The van der Waals surface area contributed by atoms with Crippen molar-refractivity contribution in [2.75, 3.05) is 12.0 Å². The molecule has 1 fully saturated rings. The van der Waals surface area contributed by atoms with E-state index in [1.54, 1.807) is 7.11 Å². The van der Waals surface area contributed by atoms with Crippen LogP contribution in [0.25, 0.3) is 0 Å². The van der Waals surface area contributed by atoms with Crippen LogP contribution in [0, 0.1) is 0 Å². The molecule has 2 aliphatic heterocycles. The van der Waals surface area contributed by atoms with Gasteiger partial charge in [0.05, 0.1) is 12.8 Å². The predicted octanol–water partition coefficient (Wildman–Crippen LogP) is 6.78. The van der Waals surface area contributed by atoms with Crippen molar-refractivity contribution in [3.63, 3.8) is 0 Å². The van der Waals surface area contributed by atoms with Crippen LogP contribution < -0.4 is 9.64 Å². The number of nitrogens with zero attached hydrogens (tertiary/aromatic N) is 1. The van der Waals surface area contributed by atoms with E-state index in [1.807, 2.05) is 36.0 Å². The van der Waals surface area contributed by atoms with Gasteiger partial charge in [0, 0.05) is 10.1 Å². The number of rotatable bonds is 3. The van der Waals surface area contributed by atoms with E-state index in [1.165, 1.54) is 10.5 Å². The van der Waals surface area contributed by atoms with E-state index in [-0.39, 0.29) is 5.25 Å². The monoisotopic (exact) mass is 427 g/mol. The Balaban J connectivity index is 1.66. The topological polar surface area (TPSA) is 12.2 Å². The number of alkyl halides is 2. The summed E-state index contributed by atoms with van der Waals surface area (Å²) in [5.41, 5.74) is 3.03. The third-order valence-corrected chi connectivity index (χ3v) is 7.99. The van der Waals surface area contributed by atoms with Crippen molar-refractivity contribution >= 4 is 40.7 Å². The molecule has 2 heterocycles. The van der Waals surface area contributed by atoms with E-state index in [0.29, 0.717) is 0 Å². The molecule has 0 amide bonds. The highest BCUT2D eigenvalue weighted by Gasteiger charge is 2.76. The van der Waals surface area contributed by atoms with Crippen LogP contribution in [0.1, 0.15) is 22.8 Å². The first kappa shape index (κ1) is 18.2. The molecule has 5 rings (SSSR count). The number of thioether (sulfide) groups is 1. The summed E-state index contributed by atoms with van der Waals surface area (Å²) in [6.45, 7) is 0. The number of methoxy groups -OCH3 is 1. The first-order valence-corrected chi connectivity index (χ1v) is 10.8. The van der Waals surface area contributed by atoms with Crippen molar-refractivity contribution in [3.05, 3.63) is 90.0 Å². The second-order valence-electron chi connectivity index (χ2n) is 7.15. The molecule has 0 unspecified atom stereocenters. The maximum absolute atomic E-state index is 6.97. The Bertz CT molecular complexity index is 1010. The summed E-state index contributed by atoms with van der Waals surface area (Å²) in [5.74, 6) is 0.859. The van der Waals surface area contributed by atoms with E-state index < -0.39 is 10.00 Å². The van der Waals surface area contributed by atoms with E-state index in [2.05, 4.69) is 59.5 Å². The van der Waals surface area contributed by atoms with Crippen LogP contribution in [-0.4, -0.2) is 11.6 Å². The van der Waals surface area contributed by atoms with Gasteiger partial charge in [-0.3, -0.25) is 0 Å². The molecule has 0 aromatic heterocycles. The maximum Gasteiger partial charge on any atom is 0.219 e. The Morgan fingerprint density at radius 1 is 0.929 bits per heavy atom. The molecular formula is C23H19Cl2NOS. The number of hydrogen-bond donors (Lipinski definition) is 0. The van der Waals surface area contributed by atoms with Crippen LogP contribution in [0.15, 0.2) is 83.8 Å². The average Bonchev–Trinajstić information content (AvgIpc) is 3.29. The lowest BCUT2D eigenvalue weighted by atomic mass is 9.91. The summed E-state index contributed by atoms with van der Waals surface area (Å²) in [7, 11) is 1.69. The smallest absolute Gasteiger partial charge is 0.219 e. The summed E-state index contributed by atoms with van der Waals surface area (Å²) in [6, 6.07) is 27.1. The summed E-state index contributed by atoms with van der Waals surface area (Å²) in [4.78, 5) is 3.37. The van der Waals surface area contributed by atoms with Gasteiger partial charge in [-0.15, -0.1) is 11.8 Å². The molecule has 0 radical (unpaired) electrons. The van der Waals surface area contributed by atoms with Gasteiger partial charge in [-0.2, -0.15) is 0 Å². The number of halogens is 2. The van der Waals surface area contributed by atoms with Gasteiger partial charge in [-0.1, -0.05) is 77.8 Å². The molecule has 0 spiro atoms. The van der Waals surface area contributed by atoms with Crippen LogP contribution >= 0.6 is 35.0 Å². The summed E-state index contributed by atoms with van der Waals surface area (Å²) in [6.07, 6.45) is 0.815. The third kappa shape index (κ3) is 2.57. The van der Waals surface area contributed by atoms with Gasteiger partial charge in [0.15, 0.2) is 0 Å². The Morgan fingerprint density at radius 2 is 1.61 bits per heavy atom. The molecular weight excluding hydrogens is 409 g/mol. The number of hydrogen-bond acceptors (Lipinski definition) is 3. The molecule has 0 saturated carbocycles. The van der Waals surface area contributed by atoms with E-state index in [9.17, 15) is 0 Å². The third-order valence-electron chi connectivity index (χ3n) is 5.71. The fourth-order valence-corrected chi connectivity index (χ4v) is 6.55. The highest BCUT2D eigenvalue weighted by atomic mass is 35.5. The van der Waals surface area contributed by atoms with Crippen LogP contribution in [0.5, 0.6) is 5.75 Å². The maximum atomic E-state index is 6.97. The van der Waals surface area contributed by atoms with Gasteiger partial charge in [0.1, 0.15) is 11.3 Å². The molecule has 3 aromatic carbocycles. The standard InChI is InChI=1S/C23H19Cl2NOS/c1-27-18-13-11-16(12-14-18)21-15-22(17-7-3-2-4-8-17)23(24,25)26(22)19-9-5-6-10-20(19)28-21/h2-14,21H,15H2,1H3/t21-,22-,26?/m0/s1. The van der Waals surface area contributed by atoms with Crippen molar-refractivity contribution in [3.8, 4) is 5.75 Å². The Labute approximate surface area is 179 Å². The molecule has 1 saturated heterocycles. The zero-order valence-electron chi connectivity index (χ0n) is 15.3. The minimum Gasteiger partial charge on any atom is -0.497 e. The molecule has 142 valence electrons. The Hall–Kier alpha value is -1.81. The van der Waals surface area contributed by atoms with Crippen molar-refractivity contribution < 1.29 is 4.74 Å². The van der Waals surface area contributed by atoms with Crippen molar-refractivity contribution in [1.29, 1.82) is 0 Å². The first-order valence-electron chi connectivity index (χ1n) is 9.21. The summed E-state index contributed by atoms with van der Waals surface area (Å²) in [5, 5.41) is 0.219. The average molecular weight is 428 g/mol. The van der Waals surface area contributed by atoms with Gasteiger partial charge in [-0.25, -0.2) is 0 Å². The molecule has 0 aliphatic carbocycles. The second kappa shape index (κ2) is 6.62. The zero-order valence-corrected chi connectivity index (χ0v) is 17.6. The van der Waals surface area contributed by atoms with E-state index >= 15 is 0 Å². The van der Waals surface area contributed by atoms with Crippen LogP contribution in [0.3, 0.4) is 0 Å². The van der Waals surface area contributed by atoms with Crippen molar-refractivity contribution in [2.45, 2.75) is 26.6 Å². The molecule has 28 heavy (non-hydrogen) atoms. The van der Waals surface area contributed by atoms with Crippen molar-refractivity contribution in [2.24, 2.45) is 0 Å². The number of ether oxygens (including phenoxy) is 1. The lowest BCUT2D eigenvalue weighted by Crippen LogP contribution is -2.19. The van der Waals surface area contributed by atoms with E-state index in [0.717, 1.165) is 23.4 Å². The fraction of sp³-hybridized carbons (Fsp3) is 0.217. The molecule has 5 heteroatoms.